The lowest BCUT2D eigenvalue weighted by Crippen LogP contribution is -2.00. The number of benzene rings is 1. The van der Waals surface area contributed by atoms with Crippen molar-refractivity contribution in [2.75, 3.05) is 0 Å². The molecule has 0 amide bonds. The summed E-state index contributed by atoms with van der Waals surface area (Å²) in [6, 6.07) is 4.25. The van der Waals surface area contributed by atoms with Crippen LogP contribution in [0.25, 0.3) is 16.6 Å². The molecule has 92 valence electrons. The van der Waals surface area contributed by atoms with Crippen molar-refractivity contribution in [3.05, 3.63) is 39.9 Å². The first-order valence-electron chi connectivity index (χ1n) is 6.04. The Hall–Kier alpha value is -1.42. The van der Waals surface area contributed by atoms with Gasteiger partial charge >= 0.3 is 0 Å². The Morgan fingerprint density at radius 3 is 2.72 bits per heavy atom. The van der Waals surface area contributed by atoms with Gasteiger partial charge in [0.15, 0.2) is 0 Å². The van der Waals surface area contributed by atoms with Crippen LogP contribution in [-0.4, -0.2) is 14.4 Å². The number of rotatable bonds is 1. The Labute approximate surface area is 114 Å². The van der Waals surface area contributed by atoms with E-state index in [9.17, 15) is 0 Å². The fraction of sp³-hybridized carbons (Fsp3) is 0.286. The smallest absolute Gasteiger partial charge is 0.147 e. The molecule has 0 saturated heterocycles. The minimum Gasteiger partial charge on any atom is -0.287 e. The molecule has 0 aliphatic heterocycles. The van der Waals surface area contributed by atoms with Crippen molar-refractivity contribution in [2.45, 2.75) is 27.2 Å². The number of aryl methyl sites for hydroxylation is 3. The highest BCUT2D eigenvalue weighted by Crippen LogP contribution is 2.28. The summed E-state index contributed by atoms with van der Waals surface area (Å²) >= 11 is 3.60. The SMILES string of the molecule is CCc1nc2c(Br)cc(C)cc2c2nc(C)cn12. The molecule has 0 radical (unpaired) electrons. The maximum absolute atomic E-state index is 4.75. The molecule has 2 aromatic heterocycles. The van der Waals surface area contributed by atoms with Crippen LogP contribution in [0.5, 0.6) is 0 Å². The minimum atomic E-state index is 0.891. The topological polar surface area (TPSA) is 30.2 Å². The Kier molecular flexibility index (Phi) is 2.63. The molecule has 0 fully saturated rings. The molecule has 1 aromatic carbocycles. The molecular weight excluding hydrogens is 290 g/mol. The van der Waals surface area contributed by atoms with Gasteiger partial charge in [-0.2, -0.15) is 0 Å². The number of nitrogens with zero attached hydrogens (tertiary/aromatic N) is 3. The number of imidazole rings is 1. The van der Waals surface area contributed by atoms with Gasteiger partial charge in [0, 0.05) is 22.5 Å². The van der Waals surface area contributed by atoms with E-state index in [1.807, 2.05) is 6.92 Å². The first-order chi connectivity index (χ1) is 8.60. The number of hydrogen-bond donors (Lipinski definition) is 0. The maximum atomic E-state index is 4.75. The summed E-state index contributed by atoms with van der Waals surface area (Å²) in [7, 11) is 0. The quantitative estimate of drug-likeness (QED) is 0.684. The zero-order chi connectivity index (χ0) is 12.9. The molecule has 3 aromatic rings. The lowest BCUT2D eigenvalue weighted by atomic mass is 10.1. The van der Waals surface area contributed by atoms with Crippen molar-refractivity contribution in [1.29, 1.82) is 0 Å². The molecule has 0 aliphatic rings. The minimum absolute atomic E-state index is 0.891. The first-order valence-corrected chi connectivity index (χ1v) is 6.84. The van der Waals surface area contributed by atoms with E-state index < -0.39 is 0 Å². The van der Waals surface area contributed by atoms with Crippen LogP contribution < -0.4 is 0 Å². The second-order valence-corrected chi connectivity index (χ2v) is 5.45. The molecule has 0 saturated carbocycles. The first kappa shape index (κ1) is 11.7. The summed E-state index contributed by atoms with van der Waals surface area (Å²) in [4.78, 5) is 9.39. The summed E-state index contributed by atoms with van der Waals surface area (Å²) in [5.41, 5.74) is 4.23. The van der Waals surface area contributed by atoms with Crippen LogP contribution in [0, 0.1) is 13.8 Å². The van der Waals surface area contributed by atoms with Crippen LogP contribution >= 0.6 is 15.9 Å². The van der Waals surface area contributed by atoms with Crippen molar-refractivity contribution in [1.82, 2.24) is 14.4 Å². The van der Waals surface area contributed by atoms with Crippen LogP contribution in [0.2, 0.25) is 0 Å². The van der Waals surface area contributed by atoms with Gasteiger partial charge in [0.05, 0.1) is 11.2 Å². The van der Waals surface area contributed by atoms with Gasteiger partial charge in [0.1, 0.15) is 11.5 Å². The van der Waals surface area contributed by atoms with E-state index in [1.54, 1.807) is 0 Å². The van der Waals surface area contributed by atoms with Gasteiger partial charge in [-0.25, -0.2) is 9.97 Å². The van der Waals surface area contributed by atoms with E-state index in [0.717, 1.165) is 39.0 Å². The molecule has 18 heavy (non-hydrogen) atoms. The molecule has 3 rings (SSSR count). The summed E-state index contributed by atoms with van der Waals surface area (Å²) < 4.78 is 3.14. The maximum Gasteiger partial charge on any atom is 0.147 e. The average Bonchev–Trinajstić information content (AvgIpc) is 2.70. The molecule has 3 nitrogen and oxygen atoms in total. The summed E-state index contributed by atoms with van der Waals surface area (Å²) in [5, 5.41) is 1.10. The standard InChI is InChI=1S/C14H14BrN3/c1-4-12-17-13-10(5-8(2)6-11(13)15)14-16-9(3)7-18(12)14/h5-7H,4H2,1-3H3. The highest BCUT2D eigenvalue weighted by molar-refractivity contribution is 9.10. The lowest BCUT2D eigenvalue weighted by molar-refractivity contribution is 0.912. The molecule has 4 heteroatoms. The largest absolute Gasteiger partial charge is 0.287 e. The predicted molar refractivity (Wildman–Crippen MR) is 77.0 cm³/mol. The summed E-state index contributed by atoms with van der Waals surface area (Å²) in [6.07, 6.45) is 2.94. The van der Waals surface area contributed by atoms with Crippen LogP contribution in [0.3, 0.4) is 0 Å². The second kappa shape index (κ2) is 4.05. The normalized spacial score (nSPS) is 11.6. The van der Waals surface area contributed by atoms with E-state index in [4.69, 9.17) is 4.98 Å². The van der Waals surface area contributed by atoms with Gasteiger partial charge in [-0.3, -0.25) is 4.40 Å². The van der Waals surface area contributed by atoms with Crippen LogP contribution in [0.4, 0.5) is 0 Å². The highest BCUT2D eigenvalue weighted by Gasteiger charge is 2.11. The molecule has 0 bridgehead atoms. The Bertz CT molecular complexity index is 759. The highest BCUT2D eigenvalue weighted by atomic mass is 79.9. The van der Waals surface area contributed by atoms with E-state index in [-0.39, 0.29) is 0 Å². The zero-order valence-electron chi connectivity index (χ0n) is 10.7. The zero-order valence-corrected chi connectivity index (χ0v) is 12.2. The van der Waals surface area contributed by atoms with E-state index in [1.165, 1.54) is 5.56 Å². The van der Waals surface area contributed by atoms with Crippen LogP contribution in [0.1, 0.15) is 24.0 Å². The van der Waals surface area contributed by atoms with Crippen LogP contribution in [-0.2, 0) is 6.42 Å². The Morgan fingerprint density at radius 2 is 2.00 bits per heavy atom. The molecule has 0 unspecified atom stereocenters. The van der Waals surface area contributed by atoms with Crippen molar-refractivity contribution < 1.29 is 0 Å². The fourth-order valence-corrected chi connectivity index (χ4v) is 3.00. The Balaban J connectivity index is 2.58. The monoisotopic (exact) mass is 303 g/mol. The molecular formula is C14H14BrN3. The van der Waals surface area contributed by atoms with Crippen molar-refractivity contribution in [3.63, 3.8) is 0 Å². The molecule has 0 N–H and O–H groups in total. The second-order valence-electron chi connectivity index (χ2n) is 4.60. The van der Waals surface area contributed by atoms with Gasteiger partial charge in [0.25, 0.3) is 0 Å². The van der Waals surface area contributed by atoms with Crippen molar-refractivity contribution in [3.8, 4) is 0 Å². The average molecular weight is 304 g/mol. The Morgan fingerprint density at radius 1 is 1.22 bits per heavy atom. The van der Waals surface area contributed by atoms with Crippen LogP contribution in [0.15, 0.2) is 22.8 Å². The molecule has 0 aliphatic carbocycles. The van der Waals surface area contributed by atoms with E-state index >= 15 is 0 Å². The number of hydrogen-bond acceptors (Lipinski definition) is 2. The van der Waals surface area contributed by atoms with E-state index in [0.29, 0.717) is 0 Å². The van der Waals surface area contributed by atoms with Gasteiger partial charge in [-0.1, -0.05) is 6.92 Å². The molecule has 0 atom stereocenters. The van der Waals surface area contributed by atoms with E-state index in [2.05, 4.69) is 57.5 Å². The van der Waals surface area contributed by atoms with Gasteiger partial charge < -0.3 is 0 Å². The third-order valence-corrected chi connectivity index (χ3v) is 3.71. The third-order valence-electron chi connectivity index (χ3n) is 3.11. The predicted octanol–water partition coefficient (Wildman–Crippen LogP) is 3.82. The van der Waals surface area contributed by atoms with Crippen molar-refractivity contribution >= 4 is 32.5 Å². The molecule has 2 heterocycles. The third kappa shape index (κ3) is 1.63. The summed E-state index contributed by atoms with van der Waals surface area (Å²) in [6.45, 7) is 6.22. The number of aromatic nitrogens is 3. The fourth-order valence-electron chi connectivity index (χ4n) is 2.34. The molecule has 0 spiro atoms. The van der Waals surface area contributed by atoms with Gasteiger partial charge in [-0.15, -0.1) is 0 Å². The van der Waals surface area contributed by atoms with Gasteiger partial charge in [0.2, 0.25) is 0 Å². The number of halogens is 1. The lowest BCUT2D eigenvalue weighted by Gasteiger charge is -2.08. The van der Waals surface area contributed by atoms with Crippen molar-refractivity contribution in [2.24, 2.45) is 0 Å². The van der Waals surface area contributed by atoms with Gasteiger partial charge in [-0.05, 0) is 47.5 Å². The summed E-state index contributed by atoms with van der Waals surface area (Å²) in [5.74, 6) is 1.04. The number of fused-ring (bicyclic) bond motifs is 3.